The normalized spacial score (nSPS) is 29.5. The first kappa shape index (κ1) is 15.2. The van der Waals surface area contributed by atoms with E-state index in [1.807, 2.05) is 0 Å². The fraction of sp³-hybridized carbons (Fsp3) is 1.00. The van der Waals surface area contributed by atoms with Gasteiger partial charge in [0, 0.05) is 44.2 Å². The summed E-state index contributed by atoms with van der Waals surface area (Å²) < 4.78 is 5.43. The molecular formula is C15H30N2O2. The van der Waals surface area contributed by atoms with Crippen LogP contribution in [0.25, 0.3) is 0 Å². The number of rotatable bonds is 6. The second-order valence-corrected chi connectivity index (χ2v) is 6.54. The standard InChI is InChI=1S/C15H30N2O2/c1-3-5-15(2,13-18)12-16-6-4-14(11-16)17-7-9-19-10-8-17/h14,18H,3-13H2,1-2H3. The Labute approximate surface area is 117 Å². The maximum absolute atomic E-state index is 9.64. The maximum Gasteiger partial charge on any atom is 0.0594 e. The van der Waals surface area contributed by atoms with Crippen LogP contribution in [0, 0.1) is 5.41 Å². The van der Waals surface area contributed by atoms with E-state index in [-0.39, 0.29) is 5.41 Å². The van der Waals surface area contributed by atoms with Crippen LogP contribution in [-0.4, -0.2) is 73.5 Å². The average Bonchev–Trinajstić information content (AvgIpc) is 2.88. The number of hydrogen-bond acceptors (Lipinski definition) is 4. The molecule has 0 aromatic heterocycles. The van der Waals surface area contributed by atoms with Crippen molar-refractivity contribution < 1.29 is 9.84 Å². The molecule has 0 aromatic rings. The van der Waals surface area contributed by atoms with Gasteiger partial charge >= 0.3 is 0 Å². The molecule has 112 valence electrons. The Kier molecular flexibility index (Phi) is 5.63. The van der Waals surface area contributed by atoms with Gasteiger partial charge in [-0.1, -0.05) is 20.3 Å². The van der Waals surface area contributed by atoms with Crippen LogP contribution in [0.15, 0.2) is 0 Å². The van der Waals surface area contributed by atoms with E-state index in [0.29, 0.717) is 12.6 Å². The number of nitrogens with zero attached hydrogens (tertiary/aromatic N) is 2. The molecule has 0 bridgehead atoms. The van der Waals surface area contributed by atoms with Gasteiger partial charge in [0.25, 0.3) is 0 Å². The van der Waals surface area contributed by atoms with Crippen molar-refractivity contribution in [1.29, 1.82) is 0 Å². The number of aliphatic hydroxyl groups excluding tert-OH is 1. The summed E-state index contributed by atoms with van der Waals surface area (Å²) in [6.45, 7) is 12.1. The zero-order valence-corrected chi connectivity index (χ0v) is 12.6. The van der Waals surface area contributed by atoms with Crippen molar-refractivity contribution in [3.8, 4) is 0 Å². The molecule has 2 aliphatic rings. The molecule has 0 spiro atoms. The number of morpholine rings is 1. The average molecular weight is 270 g/mol. The lowest BCUT2D eigenvalue weighted by atomic mass is 9.86. The van der Waals surface area contributed by atoms with Crippen molar-refractivity contribution in [2.75, 3.05) is 52.5 Å². The van der Waals surface area contributed by atoms with E-state index in [0.717, 1.165) is 45.7 Å². The van der Waals surface area contributed by atoms with Crippen molar-refractivity contribution in [3.63, 3.8) is 0 Å². The van der Waals surface area contributed by atoms with Gasteiger partial charge < -0.3 is 14.7 Å². The van der Waals surface area contributed by atoms with Gasteiger partial charge in [-0.3, -0.25) is 4.90 Å². The highest BCUT2D eigenvalue weighted by molar-refractivity contribution is 4.87. The third-order valence-electron chi connectivity index (χ3n) is 4.65. The molecule has 2 aliphatic heterocycles. The van der Waals surface area contributed by atoms with Crippen molar-refractivity contribution in [2.45, 2.75) is 39.2 Å². The molecule has 0 aromatic carbocycles. The molecule has 0 saturated carbocycles. The van der Waals surface area contributed by atoms with Gasteiger partial charge in [-0.2, -0.15) is 0 Å². The van der Waals surface area contributed by atoms with E-state index in [1.165, 1.54) is 19.5 Å². The summed E-state index contributed by atoms with van der Waals surface area (Å²) in [5.74, 6) is 0. The fourth-order valence-corrected chi connectivity index (χ4v) is 3.55. The number of hydrogen-bond donors (Lipinski definition) is 1. The number of ether oxygens (including phenoxy) is 1. The van der Waals surface area contributed by atoms with Crippen LogP contribution in [0.5, 0.6) is 0 Å². The van der Waals surface area contributed by atoms with E-state index in [9.17, 15) is 5.11 Å². The monoisotopic (exact) mass is 270 g/mol. The smallest absolute Gasteiger partial charge is 0.0594 e. The SMILES string of the molecule is CCCC(C)(CO)CN1CCC(N2CCOCC2)C1. The summed E-state index contributed by atoms with van der Waals surface area (Å²) in [6.07, 6.45) is 3.54. The predicted octanol–water partition coefficient (Wildman–Crippen LogP) is 1.19. The minimum Gasteiger partial charge on any atom is -0.396 e. The second-order valence-electron chi connectivity index (χ2n) is 6.54. The van der Waals surface area contributed by atoms with Gasteiger partial charge in [0.05, 0.1) is 13.2 Å². The first-order valence-corrected chi connectivity index (χ1v) is 7.82. The van der Waals surface area contributed by atoms with Crippen LogP contribution in [0.3, 0.4) is 0 Å². The molecule has 19 heavy (non-hydrogen) atoms. The molecule has 0 radical (unpaired) electrons. The molecule has 2 saturated heterocycles. The lowest BCUT2D eigenvalue weighted by molar-refractivity contribution is 0.0166. The lowest BCUT2D eigenvalue weighted by Gasteiger charge is -2.34. The molecule has 2 fully saturated rings. The molecular weight excluding hydrogens is 240 g/mol. The molecule has 0 amide bonds. The summed E-state index contributed by atoms with van der Waals surface area (Å²) >= 11 is 0. The summed E-state index contributed by atoms with van der Waals surface area (Å²) in [4.78, 5) is 5.13. The van der Waals surface area contributed by atoms with E-state index in [1.54, 1.807) is 0 Å². The van der Waals surface area contributed by atoms with Gasteiger partial charge in [-0.25, -0.2) is 0 Å². The molecule has 1 N–H and O–H groups in total. The highest BCUT2D eigenvalue weighted by atomic mass is 16.5. The zero-order valence-electron chi connectivity index (χ0n) is 12.6. The van der Waals surface area contributed by atoms with Crippen LogP contribution in [-0.2, 0) is 4.74 Å². The van der Waals surface area contributed by atoms with Crippen molar-refractivity contribution in [3.05, 3.63) is 0 Å². The first-order valence-electron chi connectivity index (χ1n) is 7.82. The minimum absolute atomic E-state index is 0.0780. The molecule has 2 atom stereocenters. The number of aliphatic hydroxyl groups is 1. The van der Waals surface area contributed by atoms with Crippen LogP contribution in [0.2, 0.25) is 0 Å². The Balaban J connectivity index is 1.80. The summed E-state index contributed by atoms with van der Waals surface area (Å²) in [6, 6.07) is 0.702. The van der Waals surface area contributed by atoms with Crippen molar-refractivity contribution >= 4 is 0 Å². The van der Waals surface area contributed by atoms with Gasteiger partial charge in [0.1, 0.15) is 0 Å². The Morgan fingerprint density at radius 3 is 2.63 bits per heavy atom. The highest BCUT2D eigenvalue weighted by Crippen LogP contribution is 2.27. The van der Waals surface area contributed by atoms with Gasteiger partial charge in [0.15, 0.2) is 0 Å². The summed E-state index contributed by atoms with van der Waals surface area (Å²) in [5.41, 5.74) is 0.0780. The Hall–Kier alpha value is -0.160. The van der Waals surface area contributed by atoms with E-state index >= 15 is 0 Å². The molecule has 2 unspecified atom stereocenters. The van der Waals surface area contributed by atoms with E-state index in [2.05, 4.69) is 23.6 Å². The van der Waals surface area contributed by atoms with Crippen LogP contribution in [0.1, 0.15) is 33.1 Å². The summed E-state index contributed by atoms with van der Waals surface area (Å²) in [7, 11) is 0. The molecule has 0 aliphatic carbocycles. The number of likely N-dealkylation sites (tertiary alicyclic amines) is 1. The quantitative estimate of drug-likeness (QED) is 0.786. The zero-order chi connectivity index (χ0) is 13.7. The Bertz CT molecular complexity index is 269. The molecule has 4 nitrogen and oxygen atoms in total. The van der Waals surface area contributed by atoms with E-state index in [4.69, 9.17) is 4.74 Å². The lowest BCUT2D eigenvalue weighted by Crippen LogP contribution is -2.45. The Morgan fingerprint density at radius 2 is 2.00 bits per heavy atom. The predicted molar refractivity (Wildman–Crippen MR) is 77.3 cm³/mol. The third-order valence-corrected chi connectivity index (χ3v) is 4.65. The molecule has 4 heteroatoms. The van der Waals surface area contributed by atoms with Crippen molar-refractivity contribution in [1.82, 2.24) is 9.80 Å². The van der Waals surface area contributed by atoms with Crippen LogP contribution in [0.4, 0.5) is 0 Å². The van der Waals surface area contributed by atoms with Gasteiger partial charge in [-0.05, 0) is 19.4 Å². The van der Waals surface area contributed by atoms with Crippen LogP contribution < -0.4 is 0 Å². The highest BCUT2D eigenvalue weighted by Gasteiger charge is 2.32. The van der Waals surface area contributed by atoms with Gasteiger partial charge in [-0.15, -0.1) is 0 Å². The molecule has 2 rings (SSSR count). The maximum atomic E-state index is 9.64. The van der Waals surface area contributed by atoms with Crippen molar-refractivity contribution in [2.24, 2.45) is 5.41 Å². The summed E-state index contributed by atoms with van der Waals surface area (Å²) in [5, 5.41) is 9.64. The second kappa shape index (κ2) is 7.02. The topological polar surface area (TPSA) is 35.9 Å². The first-order chi connectivity index (χ1) is 9.17. The Morgan fingerprint density at radius 1 is 1.26 bits per heavy atom. The fourth-order valence-electron chi connectivity index (χ4n) is 3.55. The van der Waals surface area contributed by atoms with Gasteiger partial charge in [0.2, 0.25) is 0 Å². The van der Waals surface area contributed by atoms with E-state index < -0.39 is 0 Å². The minimum atomic E-state index is 0.0780. The van der Waals surface area contributed by atoms with Crippen LogP contribution >= 0.6 is 0 Å². The largest absolute Gasteiger partial charge is 0.396 e. The molecule has 2 heterocycles. The third kappa shape index (κ3) is 4.15.